The molecule has 0 radical (unpaired) electrons. The topological polar surface area (TPSA) is 39.2 Å². The molecule has 1 aromatic heterocycles. The van der Waals surface area contributed by atoms with Crippen LogP contribution in [0.15, 0.2) is 16.7 Å². The van der Waals surface area contributed by atoms with Crippen molar-refractivity contribution in [1.29, 1.82) is 0 Å². The Morgan fingerprint density at radius 1 is 1.59 bits per heavy atom. The van der Waals surface area contributed by atoms with Gasteiger partial charge >= 0.3 is 0 Å². The molecule has 1 aliphatic rings. The zero-order valence-electron chi connectivity index (χ0n) is 10.1. The van der Waals surface area contributed by atoms with E-state index in [9.17, 15) is 8.78 Å². The Morgan fingerprint density at radius 2 is 2.35 bits per heavy atom. The fraction of sp³-hybridized carbons (Fsp3) is 0.692. The summed E-state index contributed by atoms with van der Waals surface area (Å²) in [4.78, 5) is 0. The zero-order valence-corrected chi connectivity index (χ0v) is 10.1. The molecule has 1 aromatic rings. The average molecular weight is 243 g/mol. The van der Waals surface area contributed by atoms with E-state index in [-0.39, 0.29) is 24.8 Å². The maximum Gasteiger partial charge on any atom is 0.248 e. The van der Waals surface area contributed by atoms with E-state index in [0.717, 1.165) is 17.7 Å². The molecule has 0 amide bonds. The van der Waals surface area contributed by atoms with Gasteiger partial charge in [0.15, 0.2) is 0 Å². The second-order valence-corrected chi connectivity index (χ2v) is 5.15. The molecule has 1 fully saturated rings. The van der Waals surface area contributed by atoms with E-state index in [0.29, 0.717) is 12.8 Å². The Labute approximate surface area is 100 Å². The first kappa shape index (κ1) is 12.6. The summed E-state index contributed by atoms with van der Waals surface area (Å²) < 4.78 is 31.7. The molecule has 1 heterocycles. The third-order valence-electron chi connectivity index (χ3n) is 3.51. The molecule has 96 valence electrons. The molecule has 1 aliphatic carbocycles. The molecule has 2 nitrogen and oxygen atoms in total. The number of hydrogen-bond acceptors (Lipinski definition) is 2. The van der Waals surface area contributed by atoms with Crippen molar-refractivity contribution in [3.8, 4) is 0 Å². The highest BCUT2D eigenvalue weighted by Gasteiger charge is 2.36. The van der Waals surface area contributed by atoms with Crippen LogP contribution in [-0.4, -0.2) is 5.92 Å². The van der Waals surface area contributed by atoms with E-state index < -0.39 is 5.92 Å². The minimum Gasteiger partial charge on any atom is -0.469 e. The van der Waals surface area contributed by atoms with Crippen LogP contribution in [-0.2, 0) is 0 Å². The number of hydrogen-bond donors (Lipinski definition) is 1. The van der Waals surface area contributed by atoms with E-state index in [1.165, 1.54) is 0 Å². The molecular formula is C13H19F2NO. The summed E-state index contributed by atoms with van der Waals surface area (Å²) >= 11 is 0. The standard InChI is InChI=1S/C13H19F2NO/c1-9-5-11(8-17-9)12(16)6-10-3-2-4-13(14,15)7-10/h5,8,10,12H,2-4,6-7,16H2,1H3. The van der Waals surface area contributed by atoms with Crippen molar-refractivity contribution >= 4 is 0 Å². The van der Waals surface area contributed by atoms with E-state index in [1.807, 2.05) is 13.0 Å². The van der Waals surface area contributed by atoms with Gasteiger partial charge in [-0.05, 0) is 38.2 Å². The molecule has 2 N–H and O–H groups in total. The van der Waals surface area contributed by atoms with E-state index in [1.54, 1.807) is 6.26 Å². The number of halogens is 2. The summed E-state index contributed by atoms with van der Waals surface area (Å²) in [7, 11) is 0. The fourth-order valence-electron chi connectivity index (χ4n) is 2.63. The third-order valence-corrected chi connectivity index (χ3v) is 3.51. The van der Waals surface area contributed by atoms with Gasteiger partial charge in [0.2, 0.25) is 5.92 Å². The first-order valence-corrected chi connectivity index (χ1v) is 6.15. The predicted molar refractivity (Wildman–Crippen MR) is 61.9 cm³/mol. The monoisotopic (exact) mass is 243 g/mol. The lowest BCUT2D eigenvalue weighted by Gasteiger charge is -2.30. The molecule has 17 heavy (non-hydrogen) atoms. The number of furan rings is 1. The summed E-state index contributed by atoms with van der Waals surface area (Å²) in [6, 6.07) is 1.69. The molecule has 0 saturated heterocycles. The quantitative estimate of drug-likeness (QED) is 0.876. The lowest BCUT2D eigenvalue weighted by Crippen LogP contribution is -2.28. The lowest BCUT2D eigenvalue weighted by atomic mass is 9.82. The summed E-state index contributed by atoms with van der Waals surface area (Å²) in [5.41, 5.74) is 6.94. The van der Waals surface area contributed by atoms with Crippen molar-refractivity contribution in [2.45, 2.75) is 51.0 Å². The number of nitrogens with two attached hydrogens (primary N) is 1. The van der Waals surface area contributed by atoms with Crippen LogP contribution in [0.5, 0.6) is 0 Å². The molecule has 4 heteroatoms. The van der Waals surface area contributed by atoms with Gasteiger partial charge in [-0.2, -0.15) is 0 Å². The Hall–Kier alpha value is -0.900. The van der Waals surface area contributed by atoms with Crippen molar-refractivity contribution in [2.24, 2.45) is 11.7 Å². The predicted octanol–water partition coefficient (Wildman–Crippen LogP) is 3.80. The smallest absolute Gasteiger partial charge is 0.248 e. The van der Waals surface area contributed by atoms with Gasteiger partial charge in [0.05, 0.1) is 6.26 Å². The van der Waals surface area contributed by atoms with Gasteiger partial charge in [0.1, 0.15) is 5.76 Å². The summed E-state index contributed by atoms with van der Waals surface area (Å²) in [6.07, 6.45) is 3.73. The highest BCUT2D eigenvalue weighted by Crippen LogP contribution is 2.39. The minimum atomic E-state index is -2.49. The molecule has 2 atom stereocenters. The van der Waals surface area contributed by atoms with Gasteiger partial charge in [-0.3, -0.25) is 0 Å². The highest BCUT2D eigenvalue weighted by atomic mass is 19.3. The van der Waals surface area contributed by atoms with Crippen LogP contribution in [0.25, 0.3) is 0 Å². The Kier molecular flexibility index (Phi) is 3.52. The summed E-state index contributed by atoms with van der Waals surface area (Å²) in [6.45, 7) is 1.85. The molecule has 2 unspecified atom stereocenters. The van der Waals surface area contributed by atoms with Gasteiger partial charge in [-0.1, -0.05) is 0 Å². The van der Waals surface area contributed by atoms with E-state index in [4.69, 9.17) is 10.2 Å². The van der Waals surface area contributed by atoms with Gasteiger partial charge < -0.3 is 10.2 Å². The molecular weight excluding hydrogens is 224 g/mol. The van der Waals surface area contributed by atoms with E-state index >= 15 is 0 Å². The Bertz CT molecular complexity index is 375. The van der Waals surface area contributed by atoms with Crippen molar-refractivity contribution in [3.05, 3.63) is 23.7 Å². The van der Waals surface area contributed by atoms with Crippen LogP contribution in [0, 0.1) is 12.8 Å². The highest BCUT2D eigenvalue weighted by molar-refractivity contribution is 5.15. The molecule has 0 aromatic carbocycles. The minimum absolute atomic E-state index is 0.0163. The number of aryl methyl sites for hydroxylation is 1. The van der Waals surface area contributed by atoms with Crippen molar-refractivity contribution in [1.82, 2.24) is 0 Å². The van der Waals surface area contributed by atoms with Crippen molar-refractivity contribution in [2.75, 3.05) is 0 Å². The van der Waals surface area contributed by atoms with Crippen LogP contribution < -0.4 is 5.73 Å². The van der Waals surface area contributed by atoms with Crippen molar-refractivity contribution < 1.29 is 13.2 Å². The Balaban J connectivity index is 1.92. The second kappa shape index (κ2) is 4.77. The molecule has 0 aliphatic heterocycles. The normalized spacial score (nSPS) is 25.8. The third kappa shape index (κ3) is 3.28. The fourth-order valence-corrected chi connectivity index (χ4v) is 2.63. The average Bonchev–Trinajstić information content (AvgIpc) is 2.63. The van der Waals surface area contributed by atoms with Crippen LogP contribution >= 0.6 is 0 Å². The molecule has 0 bridgehead atoms. The van der Waals surface area contributed by atoms with Crippen LogP contribution in [0.2, 0.25) is 0 Å². The van der Waals surface area contributed by atoms with Gasteiger partial charge in [0, 0.05) is 24.4 Å². The SMILES string of the molecule is Cc1cc(C(N)CC2CCCC(F)(F)C2)co1. The van der Waals surface area contributed by atoms with Gasteiger partial charge in [-0.25, -0.2) is 8.78 Å². The second-order valence-electron chi connectivity index (χ2n) is 5.15. The molecule has 1 saturated carbocycles. The zero-order chi connectivity index (χ0) is 12.5. The largest absolute Gasteiger partial charge is 0.469 e. The molecule has 2 rings (SSSR count). The number of rotatable bonds is 3. The maximum atomic E-state index is 13.3. The summed E-state index contributed by atoms with van der Waals surface area (Å²) in [5, 5.41) is 0. The Morgan fingerprint density at radius 3 is 2.94 bits per heavy atom. The van der Waals surface area contributed by atoms with Crippen LogP contribution in [0.1, 0.15) is 49.5 Å². The first-order valence-electron chi connectivity index (χ1n) is 6.15. The summed E-state index contributed by atoms with van der Waals surface area (Å²) in [5.74, 6) is -1.65. The van der Waals surface area contributed by atoms with Crippen molar-refractivity contribution in [3.63, 3.8) is 0 Å². The maximum absolute atomic E-state index is 13.3. The van der Waals surface area contributed by atoms with Crippen LogP contribution in [0.4, 0.5) is 8.78 Å². The van der Waals surface area contributed by atoms with Gasteiger partial charge in [0.25, 0.3) is 0 Å². The van der Waals surface area contributed by atoms with E-state index in [2.05, 4.69) is 0 Å². The first-order chi connectivity index (χ1) is 7.96. The van der Waals surface area contributed by atoms with Gasteiger partial charge in [-0.15, -0.1) is 0 Å². The lowest BCUT2D eigenvalue weighted by molar-refractivity contribution is -0.0543. The van der Waals surface area contributed by atoms with Crippen LogP contribution in [0.3, 0.4) is 0 Å². The molecule has 0 spiro atoms. The number of alkyl halides is 2.